The molecule has 1 aromatic heterocycles. The molecule has 2 aliphatic carbocycles. The van der Waals surface area contributed by atoms with E-state index in [0.29, 0.717) is 12.5 Å². The van der Waals surface area contributed by atoms with Crippen molar-refractivity contribution in [3.05, 3.63) is 77.0 Å². The van der Waals surface area contributed by atoms with E-state index in [0.717, 1.165) is 11.6 Å². The van der Waals surface area contributed by atoms with Crippen LogP contribution in [0.25, 0.3) is 5.69 Å². The average Bonchev–Trinajstić information content (AvgIpc) is 3.23. The van der Waals surface area contributed by atoms with Gasteiger partial charge in [0.15, 0.2) is 0 Å². The third-order valence-electron chi connectivity index (χ3n) is 7.47. The Labute approximate surface area is 167 Å². The minimum Gasteiger partial charge on any atom is -0.472 e. The first-order chi connectivity index (χ1) is 13.4. The van der Waals surface area contributed by atoms with Gasteiger partial charge in [-0.05, 0) is 48.8 Å². The summed E-state index contributed by atoms with van der Waals surface area (Å²) >= 11 is 0. The van der Waals surface area contributed by atoms with Gasteiger partial charge in [0.05, 0.1) is 11.4 Å². The molecule has 1 heterocycles. The van der Waals surface area contributed by atoms with Gasteiger partial charge in [-0.2, -0.15) is 5.10 Å². The molecule has 0 spiro atoms. The molecule has 3 nitrogen and oxygen atoms in total. The second-order valence-electron chi connectivity index (χ2n) is 9.23. The van der Waals surface area contributed by atoms with Crippen molar-refractivity contribution < 1.29 is 4.74 Å². The summed E-state index contributed by atoms with van der Waals surface area (Å²) in [4.78, 5) is 0. The Hall–Kier alpha value is -2.55. The molecule has 0 amide bonds. The van der Waals surface area contributed by atoms with Gasteiger partial charge in [0.1, 0.15) is 6.61 Å². The van der Waals surface area contributed by atoms with Crippen molar-refractivity contribution in [1.82, 2.24) is 9.78 Å². The number of ether oxygens (including phenoxy) is 1. The van der Waals surface area contributed by atoms with Crippen molar-refractivity contribution in [3.8, 4) is 11.6 Å². The lowest BCUT2D eigenvalue weighted by Gasteiger charge is -2.34. The predicted octanol–water partition coefficient (Wildman–Crippen LogP) is 5.93. The lowest BCUT2D eigenvalue weighted by molar-refractivity contribution is 0.218. The lowest BCUT2D eigenvalue weighted by Crippen LogP contribution is -2.32. The Morgan fingerprint density at radius 1 is 1.04 bits per heavy atom. The van der Waals surface area contributed by atoms with Crippen LogP contribution in [0.2, 0.25) is 0 Å². The summed E-state index contributed by atoms with van der Waals surface area (Å²) in [6.45, 7) is 9.89. The fraction of sp³-hybridized carbons (Fsp3) is 0.400. The minimum absolute atomic E-state index is 0.119. The van der Waals surface area contributed by atoms with Crippen molar-refractivity contribution in [2.75, 3.05) is 0 Å². The van der Waals surface area contributed by atoms with Crippen LogP contribution in [0.15, 0.2) is 54.6 Å². The average molecular weight is 373 g/mol. The van der Waals surface area contributed by atoms with E-state index in [-0.39, 0.29) is 10.8 Å². The fourth-order valence-corrected chi connectivity index (χ4v) is 5.29. The molecule has 2 aliphatic rings. The normalized spacial score (nSPS) is 24.4. The van der Waals surface area contributed by atoms with Gasteiger partial charge in [-0.1, -0.05) is 68.8 Å². The van der Waals surface area contributed by atoms with Crippen molar-refractivity contribution in [3.63, 3.8) is 0 Å². The Morgan fingerprint density at radius 2 is 1.75 bits per heavy atom. The molecule has 3 heteroatoms. The molecular weight excluding hydrogens is 344 g/mol. The van der Waals surface area contributed by atoms with Gasteiger partial charge in [0.25, 0.3) is 0 Å². The third kappa shape index (κ3) is 2.32. The highest BCUT2D eigenvalue weighted by atomic mass is 16.5. The highest BCUT2D eigenvalue weighted by Gasteiger charge is 2.62. The van der Waals surface area contributed by atoms with Gasteiger partial charge in [-0.3, -0.25) is 0 Å². The molecule has 1 saturated carbocycles. The van der Waals surface area contributed by atoms with E-state index in [1.807, 2.05) is 10.7 Å². The van der Waals surface area contributed by atoms with Crippen LogP contribution in [-0.2, 0) is 12.0 Å². The number of fused-ring (bicyclic) bond motifs is 5. The van der Waals surface area contributed by atoms with Crippen LogP contribution in [-0.4, -0.2) is 9.78 Å². The number of aryl methyl sites for hydroxylation is 1. The van der Waals surface area contributed by atoms with Gasteiger partial charge < -0.3 is 4.74 Å². The summed E-state index contributed by atoms with van der Waals surface area (Å²) in [7, 11) is 0. The number of hydrogen-bond acceptors (Lipinski definition) is 2. The molecule has 0 saturated heterocycles. The summed E-state index contributed by atoms with van der Waals surface area (Å²) in [5, 5.41) is 5.14. The monoisotopic (exact) mass is 372 g/mol. The molecule has 1 unspecified atom stereocenters. The maximum Gasteiger partial charge on any atom is 0.220 e. The fourth-order valence-electron chi connectivity index (χ4n) is 5.29. The molecule has 2 atom stereocenters. The standard InChI is InChI=1S/C25H28N2O/c1-17-10-12-19(13-11-17)27-23(28-16-18-8-6-5-7-9-18)21-20-14-15-25(4,22(21)26-27)24(20,2)3/h5-13,20H,14-16H2,1-4H3/t20?,25-/m0/s1. The van der Waals surface area contributed by atoms with Crippen LogP contribution in [0, 0.1) is 12.3 Å². The second-order valence-corrected chi connectivity index (χ2v) is 9.23. The molecule has 0 aliphatic heterocycles. The highest BCUT2D eigenvalue weighted by Crippen LogP contribution is 2.69. The summed E-state index contributed by atoms with van der Waals surface area (Å²) in [6, 6.07) is 19.0. The van der Waals surface area contributed by atoms with Gasteiger partial charge in [-0.15, -0.1) is 0 Å². The van der Waals surface area contributed by atoms with E-state index in [9.17, 15) is 0 Å². The number of hydrogen-bond donors (Lipinski definition) is 0. The molecule has 144 valence electrons. The Balaban J connectivity index is 1.62. The summed E-state index contributed by atoms with van der Waals surface area (Å²) in [6.07, 6.45) is 2.43. The lowest BCUT2D eigenvalue weighted by atomic mass is 9.70. The van der Waals surface area contributed by atoms with E-state index < -0.39 is 0 Å². The number of aromatic nitrogens is 2. The maximum absolute atomic E-state index is 6.48. The van der Waals surface area contributed by atoms with Crippen LogP contribution in [0.4, 0.5) is 0 Å². The van der Waals surface area contributed by atoms with Crippen LogP contribution >= 0.6 is 0 Å². The van der Waals surface area contributed by atoms with Crippen LogP contribution in [0.5, 0.6) is 5.88 Å². The van der Waals surface area contributed by atoms with Crippen molar-refractivity contribution in [2.45, 2.75) is 58.5 Å². The zero-order valence-electron chi connectivity index (χ0n) is 17.2. The van der Waals surface area contributed by atoms with E-state index in [4.69, 9.17) is 9.84 Å². The van der Waals surface area contributed by atoms with E-state index in [1.165, 1.54) is 35.2 Å². The summed E-state index contributed by atoms with van der Waals surface area (Å²) in [5.74, 6) is 1.45. The van der Waals surface area contributed by atoms with Gasteiger partial charge in [0, 0.05) is 11.0 Å². The van der Waals surface area contributed by atoms with E-state index in [1.54, 1.807) is 0 Å². The zero-order chi connectivity index (χ0) is 19.5. The first-order valence-corrected chi connectivity index (χ1v) is 10.3. The number of benzene rings is 2. The van der Waals surface area contributed by atoms with Crippen LogP contribution in [0.3, 0.4) is 0 Å². The molecule has 0 radical (unpaired) electrons. The second kappa shape index (κ2) is 5.97. The van der Waals surface area contributed by atoms with Crippen LogP contribution < -0.4 is 4.74 Å². The summed E-state index contributed by atoms with van der Waals surface area (Å²) < 4.78 is 8.52. The van der Waals surface area contributed by atoms with E-state index in [2.05, 4.69) is 76.2 Å². The minimum atomic E-state index is 0.119. The van der Waals surface area contributed by atoms with Gasteiger partial charge in [-0.25, -0.2) is 4.68 Å². The molecular formula is C25H28N2O. The topological polar surface area (TPSA) is 27.1 Å². The molecule has 0 N–H and O–H groups in total. The van der Waals surface area contributed by atoms with Gasteiger partial charge >= 0.3 is 0 Å². The SMILES string of the molecule is Cc1ccc(-n2nc3c(c2OCc2ccccc2)C2CC[C@]3(C)C2(C)C)cc1. The number of rotatable bonds is 4. The predicted molar refractivity (Wildman–Crippen MR) is 112 cm³/mol. The Kier molecular flexibility index (Phi) is 3.74. The van der Waals surface area contributed by atoms with Gasteiger partial charge in [0.2, 0.25) is 5.88 Å². The molecule has 2 aromatic carbocycles. The Bertz CT molecular complexity index is 1020. The first-order valence-electron chi connectivity index (χ1n) is 10.3. The smallest absolute Gasteiger partial charge is 0.220 e. The molecule has 28 heavy (non-hydrogen) atoms. The largest absolute Gasteiger partial charge is 0.472 e. The first kappa shape index (κ1) is 17.5. The Morgan fingerprint density at radius 3 is 2.46 bits per heavy atom. The quantitative estimate of drug-likeness (QED) is 0.567. The summed E-state index contributed by atoms with van der Waals surface area (Å²) in [5.41, 5.74) is 6.44. The van der Waals surface area contributed by atoms with Crippen molar-refractivity contribution in [1.29, 1.82) is 0 Å². The molecule has 2 bridgehead atoms. The molecule has 1 fully saturated rings. The maximum atomic E-state index is 6.48. The number of nitrogens with zero attached hydrogens (tertiary/aromatic N) is 2. The van der Waals surface area contributed by atoms with Crippen molar-refractivity contribution >= 4 is 0 Å². The molecule has 3 aromatic rings. The van der Waals surface area contributed by atoms with Crippen molar-refractivity contribution in [2.24, 2.45) is 5.41 Å². The van der Waals surface area contributed by atoms with E-state index >= 15 is 0 Å². The third-order valence-corrected chi connectivity index (χ3v) is 7.47. The zero-order valence-corrected chi connectivity index (χ0v) is 17.2. The van der Waals surface area contributed by atoms with Crippen LogP contribution in [0.1, 0.15) is 61.9 Å². The molecule has 5 rings (SSSR count). The highest BCUT2D eigenvalue weighted by molar-refractivity contribution is 5.53.